The Morgan fingerprint density at radius 2 is 2.15 bits per heavy atom. The van der Waals surface area contributed by atoms with Crippen LogP contribution in [0.3, 0.4) is 0 Å². The Morgan fingerprint density at radius 3 is 2.70 bits per heavy atom. The van der Waals surface area contributed by atoms with E-state index in [4.69, 9.17) is 19.9 Å². The van der Waals surface area contributed by atoms with E-state index in [2.05, 4.69) is 0 Å². The average Bonchev–Trinajstić information content (AvgIpc) is 2.61. The highest BCUT2D eigenvalue weighted by Crippen LogP contribution is 2.40. The Balaban J connectivity index is 2.61. The molecule has 1 atom stereocenters. The summed E-state index contributed by atoms with van der Waals surface area (Å²) in [6.07, 6.45) is -0.0633. The SMILES string of the molecule is CCOC(=O)C1=C(C)OC(N)=C(C#N)C1c1ccc(OC(C)C)c(CO)c1. The lowest BCUT2D eigenvalue weighted by molar-refractivity contribution is -0.139. The second kappa shape index (κ2) is 8.60. The van der Waals surface area contributed by atoms with Gasteiger partial charge in [0.1, 0.15) is 23.2 Å². The van der Waals surface area contributed by atoms with Gasteiger partial charge in [0.15, 0.2) is 0 Å². The summed E-state index contributed by atoms with van der Waals surface area (Å²) in [5, 5.41) is 19.3. The molecular weight excluding hydrogens is 348 g/mol. The van der Waals surface area contributed by atoms with E-state index in [1.807, 2.05) is 19.9 Å². The van der Waals surface area contributed by atoms with E-state index in [9.17, 15) is 15.2 Å². The van der Waals surface area contributed by atoms with Crippen LogP contribution in [-0.4, -0.2) is 23.8 Å². The number of nitrogens with two attached hydrogens (primary N) is 1. The van der Waals surface area contributed by atoms with Gasteiger partial charge < -0.3 is 25.1 Å². The van der Waals surface area contributed by atoms with Crippen LogP contribution >= 0.6 is 0 Å². The average molecular weight is 372 g/mol. The minimum atomic E-state index is -0.749. The summed E-state index contributed by atoms with van der Waals surface area (Å²) in [5.74, 6) is -0.559. The molecule has 7 heteroatoms. The van der Waals surface area contributed by atoms with Crippen LogP contribution in [0, 0.1) is 11.3 Å². The fourth-order valence-electron chi connectivity index (χ4n) is 2.96. The van der Waals surface area contributed by atoms with Crippen molar-refractivity contribution in [3.63, 3.8) is 0 Å². The summed E-state index contributed by atoms with van der Waals surface area (Å²) in [7, 11) is 0. The molecule has 0 aromatic heterocycles. The summed E-state index contributed by atoms with van der Waals surface area (Å²) >= 11 is 0. The number of esters is 1. The molecular formula is C20H24N2O5. The minimum absolute atomic E-state index is 0.0545. The molecule has 0 amide bonds. The molecule has 2 rings (SSSR count). The van der Waals surface area contributed by atoms with Gasteiger partial charge >= 0.3 is 5.97 Å². The fraction of sp³-hybridized carbons (Fsp3) is 0.400. The number of aliphatic hydroxyl groups is 1. The number of nitriles is 1. The number of carbonyl (C=O) groups is 1. The van der Waals surface area contributed by atoms with Crippen LogP contribution in [0.1, 0.15) is 44.7 Å². The van der Waals surface area contributed by atoms with Crippen molar-refractivity contribution in [2.24, 2.45) is 5.73 Å². The number of nitrogens with zero attached hydrogens (tertiary/aromatic N) is 1. The van der Waals surface area contributed by atoms with E-state index in [0.29, 0.717) is 16.9 Å². The molecule has 27 heavy (non-hydrogen) atoms. The molecule has 0 bridgehead atoms. The monoisotopic (exact) mass is 372 g/mol. The third-order valence-corrected chi connectivity index (χ3v) is 4.05. The predicted molar refractivity (Wildman–Crippen MR) is 98.1 cm³/mol. The lowest BCUT2D eigenvalue weighted by atomic mass is 9.82. The quantitative estimate of drug-likeness (QED) is 0.738. The molecule has 1 aliphatic heterocycles. The van der Waals surface area contributed by atoms with Gasteiger partial charge in [-0.15, -0.1) is 0 Å². The topological polar surface area (TPSA) is 115 Å². The molecule has 3 N–H and O–H groups in total. The number of carbonyl (C=O) groups excluding carboxylic acids is 1. The third-order valence-electron chi connectivity index (χ3n) is 4.05. The first-order chi connectivity index (χ1) is 12.8. The molecule has 1 aromatic carbocycles. The van der Waals surface area contributed by atoms with Gasteiger partial charge in [-0.1, -0.05) is 6.07 Å². The largest absolute Gasteiger partial charge is 0.491 e. The predicted octanol–water partition coefficient (Wildman–Crippen LogP) is 2.61. The summed E-state index contributed by atoms with van der Waals surface area (Å²) in [4.78, 5) is 12.5. The zero-order valence-electron chi connectivity index (χ0n) is 15.9. The van der Waals surface area contributed by atoms with E-state index < -0.39 is 11.9 Å². The second-order valence-corrected chi connectivity index (χ2v) is 6.31. The van der Waals surface area contributed by atoms with Crippen molar-refractivity contribution >= 4 is 5.97 Å². The first-order valence-corrected chi connectivity index (χ1v) is 8.69. The standard InChI is InChI=1S/C20H24N2O5/c1-5-25-20(24)17-12(4)27-19(22)15(9-21)18(17)13-6-7-16(26-11(2)3)14(8-13)10-23/h6-8,11,18,23H,5,10,22H2,1-4H3. The summed E-state index contributed by atoms with van der Waals surface area (Å²) in [5.41, 5.74) is 7.37. The Bertz CT molecular complexity index is 833. The molecule has 0 radical (unpaired) electrons. The molecule has 0 fully saturated rings. The van der Waals surface area contributed by atoms with Gasteiger partial charge in [0.2, 0.25) is 5.88 Å². The van der Waals surface area contributed by atoms with Crippen LogP contribution in [0.15, 0.2) is 41.0 Å². The smallest absolute Gasteiger partial charge is 0.338 e. The number of benzene rings is 1. The van der Waals surface area contributed by atoms with Crippen molar-refractivity contribution in [3.8, 4) is 11.8 Å². The maximum atomic E-state index is 12.5. The summed E-state index contributed by atoms with van der Waals surface area (Å²) in [6, 6.07) is 7.18. The molecule has 1 heterocycles. The zero-order valence-corrected chi connectivity index (χ0v) is 15.9. The molecule has 1 unspecified atom stereocenters. The molecule has 1 aliphatic rings. The molecule has 0 saturated carbocycles. The molecule has 0 saturated heterocycles. The van der Waals surface area contributed by atoms with Crippen molar-refractivity contribution < 1.29 is 24.1 Å². The number of hydrogen-bond donors (Lipinski definition) is 2. The maximum Gasteiger partial charge on any atom is 0.338 e. The maximum absolute atomic E-state index is 12.5. The highest BCUT2D eigenvalue weighted by molar-refractivity contribution is 5.92. The molecule has 0 aliphatic carbocycles. The number of aliphatic hydroxyl groups excluding tert-OH is 1. The molecule has 7 nitrogen and oxygen atoms in total. The van der Waals surface area contributed by atoms with E-state index in [1.165, 1.54) is 0 Å². The van der Waals surface area contributed by atoms with Gasteiger partial charge in [-0.25, -0.2) is 4.79 Å². The lowest BCUT2D eigenvalue weighted by Gasteiger charge is -2.27. The van der Waals surface area contributed by atoms with E-state index in [-0.39, 0.29) is 42.1 Å². The minimum Gasteiger partial charge on any atom is -0.491 e. The normalized spacial score (nSPS) is 16.9. The molecule has 1 aromatic rings. The third kappa shape index (κ3) is 4.23. The van der Waals surface area contributed by atoms with Gasteiger partial charge in [0, 0.05) is 5.56 Å². The van der Waals surface area contributed by atoms with Crippen molar-refractivity contribution in [2.75, 3.05) is 6.61 Å². The van der Waals surface area contributed by atoms with Crippen molar-refractivity contribution in [2.45, 2.75) is 46.3 Å². The highest BCUT2D eigenvalue weighted by atomic mass is 16.5. The fourth-order valence-corrected chi connectivity index (χ4v) is 2.96. The Morgan fingerprint density at radius 1 is 1.44 bits per heavy atom. The van der Waals surface area contributed by atoms with Crippen LogP contribution in [0.5, 0.6) is 5.75 Å². The summed E-state index contributed by atoms with van der Waals surface area (Å²) in [6.45, 7) is 7.00. The van der Waals surface area contributed by atoms with Gasteiger partial charge in [-0.05, 0) is 45.4 Å². The van der Waals surface area contributed by atoms with Crippen LogP contribution in [0.4, 0.5) is 0 Å². The first-order valence-electron chi connectivity index (χ1n) is 8.69. The van der Waals surface area contributed by atoms with Crippen LogP contribution in [-0.2, 0) is 20.9 Å². The zero-order chi connectivity index (χ0) is 20.1. The molecule has 144 valence electrons. The van der Waals surface area contributed by atoms with Crippen molar-refractivity contribution in [1.29, 1.82) is 5.26 Å². The van der Waals surface area contributed by atoms with Gasteiger partial charge in [-0.2, -0.15) is 5.26 Å². The second-order valence-electron chi connectivity index (χ2n) is 6.31. The Kier molecular flexibility index (Phi) is 6.48. The van der Waals surface area contributed by atoms with Crippen molar-refractivity contribution in [3.05, 3.63) is 52.1 Å². The van der Waals surface area contributed by atoms with Crippen LogP contribution in [0.2, 0.25) is 0 Å². The number of hydrogen-bond acceptors (Lipinski definition) is 7. The van der Waals surface area contributed by atoms with Gasteiger partial charge in [0.25, 0.3) is 0 Å². The first kappa shape index (κ1) is 20.3. The van der Waals surface area contributed by atoms with E-state index in [1.54, 1.807) is 32.0 Å². The lowest BCUT2D eigenvalue weighted by Crippen LogP contribution is -2.25. The van der Waals surface area contributed by atoms with Crippen LogP contribution in [0.25, 0.3) is 0 Å². The Hall–Kier alpha value is -2.98. The van der Waals surface area contributed by atoms with Gasteiger partial charge in [-0.3, -0.25) is 0 Å². The number of ether oxygens (including phenoxy) is 3. The Labute approximate surface area is 158 Å². The van der Waals surface area contributed by atoms with Gasteiger partial charge in [0.05, 0.1) is 30.8 Å². The molecule has 0 spiro atoms. The van der Waals surface area contributed by atoms with Crippen LogP contribution < -0.4 is 10.5 Å². The number of allylic oxidation sites excluding steroid dienone is 2. The highest BCUT2D eigenvalue weighted by Gasteiger charge is 2.36. The van der Waals surface area contributed by atoms with E-state index >= 15 is 0 Å². The van der Waals surface area contributed by atoms with Crippen molar-refractivity contribution in [1.82, 2.24) is 0 Å². The summed E-state index contributed by atoms with van der Waals surface area (Å²) < 4.78 is 16.2. The van der Waals surface area contributed by atoms with E-state index in [0.717, 1.165) is 0 Å². The number of rotatable bonds is 6.